The van der Waals surface area contributed by atoms with Gasteiger partial charge in [0.2, 0.25) is 0 Å². The van der Waals surface area contributed by atoms with Crippen molar-refractivity contribution >= 4 is 32.7 Å². The lowest BCUT2D eigenvalue weighted by atomic mass is 9.86. The van der Waals surface area contributed by atoms with E-state index in [1.165, 1.54) is 30.6 Å². The van der Waals surface area contributed by atoms with Crippen molar-refractivity contribution in [2.75, 3.05) is 26.2 Å². The van der Waals surface area contributed by atoms with Gasteiger partial charge in [-0.1, -0.05) is 37.3 Å². The molecule has 3 aliphatic rings. The number of ether oxygens (including phenoxy) is 1. The van der Waals surface area contributed by atoms with Gasteiger partial charge < -0.3 is 19.3 Å². The molecule has 3 aromatic heterocycles. The van der Waals surface area contributed by atoms with Crippen molar-refractivity contribution in [1.29, 1.82) is 0 Å². The lowest BCUT2D eigenvalue weighted by Crippen LogP contribution is -2.49. The number of benzene rings is 2. The van der Waals surface area contributed by atoms with Gasteiger partial charge in [-0.2, -0.15) is 8.42 Å². The molecule has 0 saturated carbocycles. The molecule has 0 aliphatic carbocycles. The van der Waals surface area contributed by atoms with Crippen LogP contribution in [0, 0.1) is 5.82 Å². The number of halogens is 1. The van der Waals surface area contributed by atoms with Gasteiger partial charge in [-0.15, -0.1) is 4.40 Å². The Kier molecular flexibility index (Phi) is 8.47. The summed E-state index contributed by atoms with van der Waals surface area (Å²) in [5.74, 6) is -0.788. The summed E-state index contributed by atoms with van der Waals surface area (Å²) >= 11 is 0. The van der Waals surface area contributed by atoms with Crippen LogP contribution in [0.4, 0.5) is 4.39 Å². The van der Waals surface area contributed by atoms with E-state index >= 15 is 0 Å². The zero-order valence-corrected chi connectivity index (χ0v) is 29.1. The number of pyridine rings is 3. The molecule has 0 unspecified atom stereocenters. The molecular formula is C38H35FN6O6S. The van der Waals surface area contributed by atoms with Crippen LogP contribution >= 0.6 is 0 Å². The van der Waals surface area contributed by atoms with E-state index in [2.05, 4.69) is 14.3 Å². The number of hydrogen-bond donors (Lipinski definition) is 1. The highest BCUT2D eigenvalue weighted by Gasteiger charge is 2.45. The van der Waals surface area contributed by atoms with Crippen LogP contribution in [0.1, 0.15) is 41.2 Å². The maximum atomic E-state index is 13.9. The monoisotopic (exact) mass is 722 g/mol. The first-order valence-electron chi connectivity index (χ1n) is 17.1. The molecule has 6 heterocycles. The highest BCUT2D eigenvalue weighted by atomic mass is 32.2. The number of aliphatic hydroxyl groups is 1. The Bertz CT molecular complexity index is 2430. The zero-order valence-electron chi connectivity index (χ0n) is 28.3. The van der Waals surface area contributed by atoms with Crippen LogP contribution in [0.25, 0.3) is 22.3 Å². The van der Waals surface area contributed by atoms with Gasteiger partial charge in [0.25, 0.3) is 15.6 Å². The van der Waals surface area contributed by atoms with Gasteiger partial charge in [-0.25, -0.2) is 14.2 Å². The van der Waals surface area contributed by atoms with Crippen LogP contribution in [0.5, 0.6) is 0 Å². The molecule has 12 nitrogen and oxygen atoms in total. The van der Waals surface area contributed by atoms with Crippen LogP contribution in [-0.4, -0.2) is 75.8 Å². The number of sulfonamides is 1. The molecule has 0 amide bonds. The Hall–Kier alpha value is -5.31. The SMILES string of the molecule is CC[C@@]1(O)C(=O)OCc2c1cc1n(c2=O)Cc2c-1nc1ccccc1c2CN1CCN(C(Cc2ccc(F)cc2)=NS(=O)(=O)c2cccnc2)CC1. The van der Waals surface area contributed by atoms with Gasteiger partial charge in [0.05, 0.1) is 29.0 Å². The molecule has 1 N–H and O–H groups in total. The summed E-state index contributed by atoms with van der Waals surface area (Å²) in [6.45, 7) is 4.46. The molecule has 1 fully saturated rings. The molecule has 266 valence electrons. The number of aromatic nitrogens is 3. The number of hydrogen-bond acceptors (Lipinski definition) is 9. The Morgan fingerprint density at radius 1 is 1.02 bits per heavy atom. The fourth-order valence-corrected chi connectivity index (χ4v) is 8.37. The molecule has 2 aromatic carbocycles. The maximum absolute atomic E-state index is 13.9. The van der Waals surface area contributed by atoms with Crippen molar-refractivity contribution < 1.29 is 27.4 Å². The van der Waals surface area contributed by atoms with Crippen molar-refractivity contribution in [2.24, 2.45) is 4.40 Å². The van der Waals surface area contributed by atoms with Crippen molar-refractivity contribution in [2.45, 2.75) is 50.0 Å². The van der Waals surface area contributed by atoms with E-state index in [0.717, 1.165) is 27.6 Å². The summed E-state index contributed by atoms with van der Waals surface area (Å²) < 4.78 is 51.6. The molecule has 52 heavy (non-hydrogen) atoms. The number of rotatable bonds is 7. The van der Waals surface area contributed by atoms with Gasteiger partial charge in [0.1, 0.15) is 23.2 Å². The number of carbonyl (C=O) groups is 1. The molecular weight excluding hydrogens is 688 g/mol. The van der Waals surface area contributed by atoms with E-state index in [1.807, 2.05) is 29.2 Å². The van der Waals surface area contributed by atoms with E-state index in [1.54, 1.807) is 35.8 Å². The summed E-state index contributed by atoms with van der Waals surface area (Å²) in [6, 6.07) is 18.5. The second-order valence-electron chi connectivity index (χ2n) is 13.3. The fourth-order valence-electron chi connectivity index (χ4n) is 7.36. The fraction of sp³-hybridized carbons (Fsp3) is 0.289. The third-order valence-corrected chi connectivity index (χ3v) is 11.6. The Morgan fingerprint density at radius 2 is 1.79 bits per heavy atom. The number of fused-ring (bicyclic) bond motifs is 5. The first kappa shape index (κ1) is 33.8. The van der Waals surface area contributed by atoms with Crippen LogP contribution < -0.4 is 5.56 Å². The van der Waals surface area contributed by atoms with E-state index in [9.17, 15) is 27.5 Å². The van der Waals surface area contributed by atoms with Gasteiger partial charge in [0.15, 0.2) is 5.60 Å². The van der Waals surface area contributed by atoms with Gasteiger partial charge in [-0.05, 0) is 53.9 Å². The molecule has 1 atom stereocenters. The number of piperazine rings is 1. The summed E-state index contributed by atoms with van der Waals surface area (Å²) in [7, 11) is -4.06. The molecule has 8 rings (SSSR count). The number of esters is 1. The average Bonchev–Trinajstić information content (AvgIpc) is 3.53. The van der Waals surface area contributed by atoms with Gasteiger partial charge >= 0.3 is 5.97 Å². The number of para-hydroxylation sites is 1. The first-order chi connectivity index (χ1) is 25.1. The summed E-state index contributed by atoms with van der Waals surface area (Å²) in [4.78, 5) is 39.7. The number of cyclic esters (lactones) is 1. The third kappa shape index (κ3) is 5.86. The minimum absolute atomic E-state index is 0.0110. The van der Waals surface area contributed by atoms with Crippen molar-refractivity contribution in [3.8, 4) is 11.4 Å². The molecule has 0 radical (unpaired) electrons. The molecule has 0 bridgehead atoms. The molecule has 5 aromatic rings. The predicted octanol–water partition coefficient (Wildman–Crippen LogP) is 3.76. The third-order valence-electron chi connectivity index (χ3n) is 10.3. The Balaban J connectivity index is 1.10. The summed E-state index contributed by atoms with van der Waals surface area (Å²) in [5.41, 5.74) is 2.90. The molecule has 1 saturated heterocycles. The Morgan fingerprint density at radius 3 is 2.52 bits per heavy atom. The van der Waals surface area contributed by atoms with E-state index in [4.69, 9.17) is 9.72 Å². The minimum atomic E-state index is -4.06. The van der Waals surface area contributed by atoms with Crippen molar-refractivity contribution in [3.05, 3.63) is 123 Å². The molecule has 3 aliphatic heterocycles. The molecule has 14 heteroatoms. The summed E-state index contributed by atoms with van der Waals surface area (Å²) in [5, 5.41) is 12.3. The first-order valence-corrected chi connectivity index (χ1v) is 18.5. The highest BCUT2D eigenvalue weighted by Crippen LogP contribution is 2.40. The topological polar surface area (TPSA) is 147 Å². The van der Waals surface area contributed by atoms with Gasteiger partial charge in [0, 0.05) is 68.1 Å². The van der Waals surface area contributed by atoms with Crippen LogP contribution in [0.3, 0.4) is 0 Å². The van der Waals surface area contributed by atoms with Crippen LogP contribution in [0.2, 0.25) is 0 Å². The second kappa shape index (κ2) is 13.0. The lowest BCUT2D eigenvalue weighted by Gasteiger charge is -2.37. The quantitative estimate of drug-likeness (QED) is 0.147. The second-order valence-corrected chi connectivity index (χ2v) is 14.9. The van der Waals surface area contributed by atoms with Crippen molar-refractivity contribution in [1.82, 2.24) is 24.3 Å². The van der Waals surface area contributed by atoms with Crippen molar-refractivity contribution in [3.63, 3.8) is 0 Å². The standard InChI is InChI=1S/C38H35FN6O6S/c1-2-38(48)31-19-33-35-29(22-45(33)36(46)30(31)23-51-37(38)47)28(27-7-3-4-8-32(27)41-35)21-43-14-16-44(17-15-43)34(18-24-9-11-25(39)12-10-24)42-52(49,50)26-6-5-13-40-20-26/h3-13,19-20,48H,2,14-18,21-23H2,1H3/t38-/m0/s1. The van der Waals surface area contributed by atoms with Crippen LogP contribution in [-0.2, 0) is 51.3 Å². The maximum Gasteiger partial charge on any atom is 0.343 e. The largest absolute Gasteiger partial charge is 0.458 e. The normalized spacial score (nSPS) is 18.9. The Labute approximate surface area is 298 Å². The lowest BCUT2D eigenvalue weighted by molar-refractivity contribution is -0.172. The number of carbonyl (C=O) groups excluding carboxylic acids is 1. The summed E-state index contributed by atoms with van der Waals surface area (Å²) in [6.07, 6.45) is 3.02. The van der Waals surface area contributed by atoms with E-state index < -0.39 is 21.6 Å². The average molecular weight is 723 g/mol. The number of nitrogens with zero attached hydrogens (tertiary/aromatic N) is 6. The predicted molar refractivity (Wildman–Crippen MR) is 190 cm³/mol. The number of amidine groups is 1. The van der Waals surface area contributed by atoms with E-state index in [0.29, 0.717) is 49.9 Å². The zero-order chi connectivity index (χ0) is 36.2. The van der Waals surface area contributed by atoms with E-state index in [-0.39, 0.29) is 53.4 Å². The van der Waals surface area contributed by atoms with Crippen LogP contribution in [0.15, 0.2) is 93.2 Å². The van der Waals surface area contributed by atoms with Gasteiger partial charge in [-0.3, -0.25) is 14.7 Å². The highest BCUT2D eigenvalue weighted by molar-refractivity contribution is 7.90. The minimum Gasteiger partial charge on any atom is -0.458 e. The molecule has 0 spiro atoms. The smallest absolute Gasteiger partial charge is 0.343 e.